The first kappa shape index (κ1) is 13.0. The van der Waals surface area contributed by atoms with Gasteiger partial charge in [0.05, 0.1) is 0 Å². The van der Waals surface area contributed by atoms with E-state index in [4.69, 9.17) is 5.11 Å². The fourth-order valence-corrected chi connectivity index (χ4v) is 1.68. The van der Waals surface area contributed by atoms with Crippen molar-refractivity contribution in [3.8, 4) is 11.1 Å². The second-order valence-electron chi connectivity index (χ2n) is 3.92. The van der Waals surface area contributed by atoms with Crippen LogP contribution in [0.3, 0.4) is 0 Å². The molecule has 0 saturated carbocycles. The molecule has 0 atom stereocenters. The zero-order valence-corrected chi connectivity index (χ0v) is 9.81. The predicted octanol–water partition coefficient (Wildman–Crippen LogP) is 3.73. The van der Waals surface area contributed by atoms with Crippen LogP contribution in [0.2, 0.25) is 0 Å². The minimum Gasteiger partial charge on any atom is -0.478 e. The predicted molar refractivity (Wildman–Crippen MR) is 68.5 cm³/mol. The molecule has 0 fully saturated rings. The van der Waals surface area contributed by atoms with Gasteiger partial charge in [0.2, 0.25) is 0 Å². The van der Waals surface area contributed by atoms with Gasteiger partial charge in [-0.25, -0.2) is 13.6 Å². The van der Waals surface area contributed by atoms with Gasteiger partial charge in [0.25, 0.3) is 0 Å². The summed E-state index contributed by atoms with van der Waals surface area (Å²) in [6, 6.07) is 10.1. The molecule has 0 aliphatic rings. The molecule has 0 saturated heterocycles. The van der Waals surface area contributed by atoms with Crippen LogP contribution in [0.15, 0.2) is 48.5 Å². The third-order valence-corrected chi connectivity index (χ3v) is 2.56. The molecule has 2 rings (SSSR count). The second-order valence-corrected chi connectivity index (χ2v) is 3.92. The Hall–Kier alpha value is -2.49. The van der Waals surface area contributed by atoms with E-state index in [-0.39, 0.29) is 11.4 Å². The van der Waals surface area contributed by atoms with Crippen molar-refractivity contribution in [2.24, 2.45) is 0 Å². The number of carboxylic acid groups (broad SMARTS) is 1. The summed E-state index contributed by atoms with van der Waals surface area (Å²) in [6.45, 7) is 0. The number of rotatable bonds is 3. The minimum absolute atomic E-state index is 0.143. The molecule has 0 heterocycles. The first-order valence-corrected chi connectivity index (χ1v) is 5.53. The quantitative estimate of drug-likeness (QED) is 0.854. The molecule has 0 aliphatic carbocycles. The molecule has 2 aromatic carbocycles. The van der Waals surface area contributed by atoms with Gasteiger partial charge in [-0.15, -0.1) is 0 Å². The van der Waals surface area contributed by atoms with Crippen LogP contribution < -0.4 is 0 Å². The van der Waals surface area contributed by atoms with Crippen LogP contribution in [-0.4, -0.2) is 11.1 Å². The summed E-state index contributed by atoms with van der Waals surface area (Å²) < 4.78 is 26.6. The van der Waals surface area contributed by atoms with Crippen LogP contribution in [0.4, 0.5) is 8.78 Å². The van der Waals surface area contributed by atoms with E-state index in [0.29, 0.717) is 11.1 Å². The van der Waals surface area contributed by atoms with Crippen LogP contribution in [0, 0.1) is 11.6 Å². The first-order valence-electron chi connectivity index (χ1n) is 5.53. The largest absolute Gasteiger partial charge is 0.478 e. The van der Waals surface area contributed by atoms with Gasteiger partial charge in [-0.1, -0.05) is 18.2 Å². The molecule has 0 unspecified atom stereocenters. The fourth-order valence-electron chi connectivity index (χ4n) is 1.68. The Morgan fingerprint density at radius 1 is 1.05 bits per heavy atom. The molecular formula is C15H10F2O2. The Morgan fingerprint density at radius 2 is 1.79 bits per heavy atom. The first-order chi connectivity index (χ1) is 9.06. The number of halogens is 2. The number of hydrogen-bond donors (Lipinski definition) is 1. The number of carboxylic acids is 1. The Labute approximate surface area is 108 Å². The fraction of sp³-hybridized carbons (Fsp3) is 0. The van der Waals surface area contributed by atoms with E-state index in [1.165, 1.54) is 36.4 Å². The highest BCUT2D eigenvalue weighted by molar-refractivity contribution is 5.85. The maximum absolute atomic E-state index is 13.5. The van der Waals surface area contributed by atoms with Gasteiger partial charge >= 0.3 is 5.97 Å². The van der Waals surface area contributed by atoms with Crippen LogP contribution in [0.5, 0.6) is 0 Å². The zero-order valence-electron chi connectivity index (χ0n) is 9.81. The Kier molecular flexibility index (Phi) is 3.71. The SMILES string of the molecule is O=C(O)C=Cc1cc(-c2cccc(F)c2)ccc1F. The molecule has 0 aromatic heterocycles. The highest BCUT2D eigenvalue weighted by Gasteiger charge is 2.04. The summed E-state index contributed by atoms with van der Waals surface area (Å²) in [4.78, 5) is 10.4. The van der Waals surface area contributed by atoms with Crippen molar-refractivity contribution in [2.45, 2.75) is 0 Å². The van der Waals surface area contributed by atoms with Gasteiger partial charge < -0.3 is 5.11 Å². The van der Waals surface area contributed by atoms with E-state index in [1.54, 1.807) is 12.1 Å². The molecule has 2 nitrogen and oxygen atoms in total. The van der Waals surface area contributed by atoms with Crippen LogP contribution >= 0.6 is 0 Å². The van der Waals surface area contributed by atoms with Crippen LogP contribution in [0.1, 0.15) is 5.56 Å². The highest BCUT2D eigenvalue weighted by atomic mass is 19.1. The van der Waals surface area contributed by atoms with Crippen molar-refractivity contribution in [3.05, 3.63) is 65.7 Å². The van der Waals surface area contributed by atoms with Gasteiger partial charge in [-0.2, -0.15) is 0 Å². The van der Waals surface area contributed by atoms with E-state index in [2.05, 4.69) is 0 Å². The number of hydrogen-bond acceptors (Lipinski definition) is 1. The average molecular weight is 260 g/mol. The van der Waals surface area contributed by atoms with E-state index >= 15 is 0 Å². The van der Waals surface area contributed by atoms with Gasteiger partial charge in [0, 0.05) is 11.6 Å². The monoisotopic (exact) mass is 260 g/mol. The van der Waals surface area contributed by atoms with Gasteiger partial charge in [0.1, 0.15) is 11.6 Å². The topological polar surface area (TPSA) is 37.3 Å². The van der Waals surface area contributed by atoms with E-state index in [9.17, 15) is 13.6 Å². The summed E-state index contributed by atoms with van der Waals surface area (Å²) in [5, 5.41) is 8.53. The number of aliphatic carboxylic acids is 1. The molecule has 0 radical (unpaired) electrons. The lowest BCUT2D eigenvalue weighted by molar-refractivity contribution is -0.131. The lowest BCUT2D eigenvalue weighted by atomic mass is 10.0. The van der Waals surface area contributed by atoms with E-state index < -0.39 is 11.8 Å². The maximum atomic E-state index is 13.5. The van der Waals surface area contributed by atoms with Crippen molar-refractivity contribution >= 4 is 12.0 Å². The standard InChI is InChI=1S/C15H10F2O2/c16-13-3-1-2-10(9-13)11-4-6-14(17)12(8-11)5-7-15(18)19/h1-9H,(H,18,19). The average Bonchev–Trinajstić information content (AvgIpc) is 2.37. The van der Waals surface area contributed by atoms with Crippen molar-refractivity contribution in [1.29, 1.82) is 0 Å². The minimum atomic E-state index is -1.16. The van der Waals surface area contributed by atoms with Gasteiger partial charge in [-0.3, -0.25) is 0 Å². The Bertz CT molecular complexity index is 648. The smallest absolute Gasteiger partial charge is 0.328 e. The van der Waals surface area contributed by atoms with Crippen molar-refractivity contribution in [2.75, 3.05) is 0 Å². The third-order valence-electron chi connectivity index (χ3n) is 2.56. The third kappa shape index (κ3) is 3.25. The Morgan fingerprint density at radius 3 is 2.47 bits per heavy atom. The highest BCUT2D eigenvalue weighted by Crippen LogP contribution is 2.23. The summed E-state index contributed by atoms with van der Waals surface area (Å²) in [6.07, 6.45) is 2.02. The molecule has 4 heteroatoms. The normalized spacial score (nSPS) is 10.8. The molecule has 2 aromatic rings. The summed E-state index contributed by atoms with van der Waals surface area (Å²) >= 11 is 0. The van der Waals surface area contributed by atoms with Crippen molar-refractivity contribution < 1.29 is 18.7 Å². The molecule has 0 bridgehead atoms. The summed E-state index contributed by atoms with van der Waals surface area (Å²) in [5.74, 6) is -2.07. The lowest BCUT2D eigenvalue weighted by Crippen LogP contribution is -1.89. The van der Waals surface area contributed by atoms with Crippen molar-refractivity contribution in [1.82, 2.24) is 0 Å². The lowest BCUT2D eigenvalue weighted by Gasteiger charge is -2.04. The van der Waals surface area contributed by atoms with E-state index in [0.717, 1.165) is 6.08 Å². The van der Waals surface area contributed by atoms with Crippen molar-refractivity contribution in [3.63, 3.8) is 0 Å². The number of benzene rings is 2. The molecule has 1 N–H and O–H groups in total. The van der Waals surface area contributed by atoms with Gasteiger partial charge in [-0.05, 0) is 41.5 Å². The molecule has 0 amide bonds. The zero-order chi connectivity index (χ0) is 13.8. The molecule has 0 spiro atoms. The molecular weight excluding hydrogens is 250 g/mol. The Balaban J connectivity index is 2.43. The summed E-state index contributed by atoms with van der Waals surface area (Å²) in [5.41, 5.74) is 1.36. The van der Waals surface area contributed by atoms with Crippen LogP contribution in [-0.2, 0) is 4.79 Å². The summed E-state index contributed by atoms with van der Waals surface area (Å²) in [7, 11) is 0. The number of carbonyl (C=O) groups is 1. The van der Waals surface area contributed by atoms with Gasteiger partial charge in [0.15, 0.2) is 0 Å². The second kappa shape index (κ2) is 5.44. The maximum Gasteiger partial charge on any atom is 0.328 e. The molecule has 19 heavy (non-hydrogen) atoms. The molecule has 0 aliphatic heterocycles. The van der Waals surface area contributed by atoms with E-state index in [1.807, 2.05) is 0 Å². The van der Waals surface area contributed by atoms with Crippen LogP contribution in [0.25, 0.3) is 17.2 Å². The molecule has 96 valence electrons.